The summed E-state index contributed by atoms with van der Waals surface area (Å²) in [7, 11) is 0. The van der Waals surface area contributed by atoms with Crippen LogP contribution in [0.2, 0.25) is 0 Å². The first kappa shape index (κ1) is 13.5. The Balaban J connectivity index is 2.24. The highest BCUT2D eigenvalue weighted by molar-refractivity contribution is 5.56. The third-order valence-electron chi connectivity index (χ3n) is 2.75. The molecule has 0 spiro atoms. The quantitative estimate of drug-likeness (QED) is 0.770. The molecular formula is C15H17FN2O. The van der Waals surface area contributed by atoms with Crippen LogP contribution in [0.1, 0.15) is 25.8 Å². The zero-order valence-electron chi connectivity index (χ0n) is 11.2. The average Bonchev–Trinajstić information content (AvgIpc) is 2.43. The highest BCUT2D eigenvalue weighted by Gasteiger charge is 2.07. The summed E-state index contributed by atoms with van der Waals surface area (Å²) >= 11 is 0. The standard InChI is InChI=1S/C15H17FN2O/c1-3-5-12-10-17-15(18-14(12)16)11-6-8-13(9-7-11)19-4-2/h6-10H,3-5H2,1-2H3. The molecule has 1 aromatic heterocycles. The van der Waals surface area contributed by atoms with E-state index < -0.39 is 5.95 Å². The molecule has 0 radical (unpaired) electrons. The molecule has 0 aliphatic rings. The summed E-state index contributed by atoms with van der Waals surface area (Å²) in [6.45, 7) is 4.55. The fourth-order valence-electron chi connectivity index (χ4n) is 1.83. The van der Waals surface area contributed by atoms with E-state index >= 15 is 0 Å². The van der Waals surface area contributed by atoms with Gasteiger partial charge in [-0.25, -0.2) is 4.98 Å². The lowest BCUT2D eigenvalue weighted by atomic mass is 10.1. The Morgan fingerprint density at radius 3 is 2.47 bits per heavy atom. The third kappa shape index (κ3) is 3.28. The van der Waals surface area contributed by atoms with Gasteiger partial charge in [0.1, 0.15) is 5.75 Å². The molecule has 0 bridgehead atoms. The van der Waals surface area contributed by atoms with E-state index in [9.17, 15) is 4.39 Å². The molecule has 1 aromatic carbocycles. The highest BCUT2D eigenvalue weighted by Crippen LogP contribution is 2.20. The van der Waals surface area contributed by atoms with Crippen LogP contribution in [-0.2, 0) is 6.42 Å². The van der Waals surface area contributed by atoms with Gasteiger partial charge in [0.25, 0.3) is 0 Å². The van der Waals surface area contributed by atoms with Crippen LogP contribution < -0.4 is 4.74 Å². The van der Waals surface area contributed by atoms with Gasteiger partial charge in [0.15, 0.2) is 5.82 Å². The van der Waals surface area contributed by atoms with Crippen LogP contribution in [-0.4, -0.2) is 16.6 Å². The summed E-state index contributed by atoms with van der Waals surface area (Å²) in [5.74, 6) is 0.760. The SMILES string of the molecule is CCCc1cnc(-c2ccc(OCC)cc2)nc1F. The van der Waals surface area contributed by atoms with E-state index in [-0.39, 0.29) is 0 Å². The lowest BCUT2D eigenvalue weighted by molar-refractivity contribution is 0.340. The van der Waals surface area contributed by atoms with Gasteiger partial charge < -0.3 is 4.74 Å². The summed E-state index contributed by atoms with van der Waals surface area (Å²) in [5, 5.41) is 0. The Hall–Kier alpha value is -1.97. The number of ether oxygens (including phenoxy) is 1. The Morgan fingerprint density at radius 1 is 1.16 bits per heavy atom. The first-order valence-corrected chi connectivity index (χ1v) is 6.49. The molecule has 0 aliphatic carbocycles. The van der Waals surface area contributed by atoms with Crippen molar-refractivity contribution in [1.82, 2.24) is 9.97 Å². The van der Waals surface area contributed by atoms with Gasteiger partial charge in [-0.05, 0) is 37.6 Å². The van der Waals surface area contributed by atoms with E-state index in [0.29, 0.717) is 24.4 Å². The largest absolute Gasteiger partial charge is 0.494 e. The van der Waals surface area contributed by atoms with Crippen molar-refractivity contribution in [3.63, 3.8) is 0 Å². The molecule has 100 valence electrons. The van der Waals surface area contributed by atoms with Crippen molar-refractivity contribution in [2.24, 2.45) is 0 Å². The van der Waals surface area contributed by atoms with Crippen molar-refractivity contribution < 1.29 is 9.13 Å². The Morgan fingerprint density at radius 2 is 1.89 bits per heavy atom. The van der Waals surface area contributed by atoms with Gasteiger partial charge in [0.2, 0.25) is 5.95 Å². The van der Waals surface area contributed by atoms with Crippen molar-refractivity contribution >= 4 is 0 Å². The summed E-state index contributed by atoms with van der Waals surface area (Å²) in [5.41, 5.74) is 1.35. The van der Waals surface area contributed by atoms with Crippen molar-refractivity contribution in [3.05, 3.63) is 42.0 Å². The van der Waals surface area contributed by atoms with Crippen LogP contribution in [0.3, 0.4) is 0 Å². The van der Waals surface area contributed by atoms with E-state index in [1.807, 2.05) is 38.1 Å². The molecule has 0 saturated carbocycles. The number of aryl methyl sites for hydroxylation is 1. The van der Waals surface area contributed by atoms with E-state index in [1.54, 1.807) is 6.20 Å². The normalized spacial score (nSPS) is 10.5. The number of benzene rings is 1. The zero-order valence-corrected chi connectivity index (χ0v) is 11.2. The molecule has 2 rings (SSSR count). The smallest absolute Gasteiger partial charge is 0.219 e. The van der Waals surface area contributed by atoms with Crippen molar-refractivity contribution in [3.8, 4) is 17.1 Å². The van der Waals surface area contributed by atoms with Crippen LogP contribution in [0.5, 0.6) is 5.75 Å². The summed E-state index contributed by atoms with van der Waals surface area (Å²) in [4.78, 5) is 8.13. The number of rotatable bonds is 5. The van der Waals surface area contributed by atoms with Gasteiger partial charge in [-0.15, -0.1) is 0 Å². The minimum absolute atomic E-state index is 0.403. The fourth-order valence-corrected chi connectivity index (χ4v) is 1.83. The predicted octanol–water partition coefficient (Wildman–Crippen LogP) is 3.63. The van der Waals surface area contributed by atoms with E-state index in [4.69, 9.17) is 4.74 Å². The van der Waals surface area contributed by atoms with Crippen molar-refractivity contribution in [2.75, 3.05) is 6.61 Å². The van der Waals surface area contributed by atoms with Crippen LogP contribution in [0.4, 0.5) is 4.39 Å². The van der Waals surface area contributed by atoms with Crippen LogP contribution in [0.25, 0.3) is 11.4 Å². The maximum atomic E-state index is 13.7. The molecule has 0 N–H and O–H groups in total. The van der Waals surface area contributed by atoms with Gasteiger partial charge in [0, 0.05) is 17.3 Å². The van der Waals surface area contributed by atoms with Gasteiger partial charge in [-0.3, -0.25) is 0 Å². The topological polar surface area (TPSA) is 35.0 Å². The first-order valence-electron chi connectivity index (χ1n) is 6.49. The van der Waals surface area contributed by atoms with Crippen molar-refractivity contribution in [1.29, 1.82) is 0 Å². The number of aromatic nitrogens is 2. The summed E-state index contributed by atoms with van der Waals surface area (Å²) < 4.78 is 19.1. The number of nitrogens with zero attached hydrogens (tertiary/aromatic N) is 2. The second kappa shape index (κ2) is 6.27. The molecule has 2 aromatic rings. The Kier molecular flexibility index (Phi) is 4.44. The molecule has 0 saturated heterocycles. The molecule has 0 fully saturated rings. The van der Waals surface area contributed by atoms with Gasteiger partial charge >= 0.3 is 0 Å². The maximum Gasteiger partial charge on any atom is 0.219 e. The Labute approximate surface area is 112 Å². The highest BCUT2D eigenvalue weighted by atomic mass is 19.1. The Bertz CT molecular complexity index is 540. The van der Waals surface area contributed by atoms with E-state index in [1.165, 1.54) is 0 Å². The first-order chi connectivity index (χ1) is 9.24. The molecule has 0 aliphatic heterocycles. The minimum Gasteiger partial charge on any atom is -0.494 e. The van der Waals surface area contributed by atoms with Gasteiger partial charge in [-0.1, -0.05) is 13.3 Å². The number of halogens is 1. The predicted molar refractivity (Wildman–Crippen MR) is 72.6 cm³/mol. The molecule has 4 heteroatoms. The molecule has 0 atom stereocenters. The van der Waals surface area contributed by atoms with Crippen molar-refractivity contribution in [2.45, 2.75) is 26.7 Å². The van der Waals surface area contributed by atoms with Crippen LogP contribution >= 0.6 is 0 Å². The third-order valence-corrected chi connectivity index (χ3v) is 2.75. The molecule has 3 nitrogen and oxygen atoms in total. The molecule has 19 heavy (non-hydrogen) atoms. The van der Waals surface area contributed by atoms with Crippen LogP contribution in [0, 0.1) is 5.95 Å². The second-order valence-corrected chi connectivity index (χ2v) is 4.22. The minimum atomic E-state index is -0.430. The maximum absolute atomic E-state index is 13.7. The second-order valence-electron chi connectivity index (χ2n) is 4.22. The number of hydrogen-bond acceptors (Lipinski definition) is 3. The number of hydrogen-bond donors (Lipinski definition) is 0. The lowest BCUT2D eigenvalue weighted by Crippen LogP contribution is -1.99. The van der Waals surface area contributed by atoms with Gasteiger partial charge in [-0.2, -0.15) is 9.37 Å². The fraction of sp³-hybridized carbons (Fsp3) is 0.333. The zero-order chi connectivity index (χ0) is 13.7. The summed E-state index contributed by atoms with van der Waals surface area (Å²) in [6, 6.07) is 7.33. The average molecular weight is 260 g/mol. The lowest BCUT2D eigenvalue weighted by Gasteiger charge is -2.05. The monoisotopic (exact) mass is 260 g/mol. The van der Waals surface area contributed by atoms with E-state index in [0.717, 1.165) is 17.7 Å². The molecular weight excluding hydrogens is 243 g/mol. The van der Waals surface area contributed by atoms with Gasteiger partial charge in [0.05, 0.1) is 6.61 Å². The van der Waals surface area contributed by atoms with Crippen LogP contribution in [0.15, 0.2) is 30.5 Å². The summed E-state index contributed by atoms with van der Waals surface area (Å²) in [6.07, 6.45) is 3.11. The molecule has 1 heterocycles. The molecule has 0 amide bonds. The van der Waals surface area contributed by atoms with E-state index in [2.05, 4.69) is 9.97 Å². The molecule has 0 unspecified atom stereocenters.